The first-order valence-corrected chi connectivity index (χ1v) is 10.3. The number of halogens is 1. The molecule has 0 saturated carbocycles. The van der Waals surface area contributed by atoms with Gasteiger partial charge in [-0.3, -0.25) is 4.98 Å². The van der Waals surface area contributed by atoms with Crippen LogP contribution in [0.3, 0.4) is 0 Å². The minimum absolute atomic E-state index is 0.201. The fourth-order valence-electron chi connectivity index (χ4n) is 3.53. The zero-order valence-corrected chi connectivity index (χ0v) is 17.3. The molecule has 0 radical (unpaired) electrons. The number of rotatable bonds is 6. The van der Waals surface area contributed by atoms with Gasteiger partial charge in [-0.1, -0.05) is 60.1 Å². The van der Waals surface area contributed by atoms with Crippen LogP contribution in [0.25, 0.3) is 39.9 Å². The van der Waals surface area contributed by atoms with Crippen molar-refractivity contribution in [1.29, 1.82) is 0 Å². The number of nitrogens with zero attached hydrogens (tertiary/aromatic N) is 6. The van der Waals surface area contributed by atoms with Crippen molar-refractivity contribution in [2.45, 2.75) is 19.8 Å². The predicted octanol–water partition coefficient (Wildman–Crippen LogP) is 5.14. The number of hydrogen-bond acceptors (Lipinski definition) is 6. The summed E-state index contributed by atoms with van der Waals surface area (Å²) in [7, 11) is 0. The van der Waals surface area contributed by atoms with E-state index in [1.807, 2.05) is 12.1 Å². The molecule has 7 nitrogen and oxygen atoms in total. The first kappa shape index (κ1) is 19.7. The van der Waals surface area contributed by atoms with E-state index < -0.39 is 5.82 Å². The van der Waals surface area contributed by atoms with Crippen LogP contribution in [0.5, 0.6) is 0 Å². The van der Waals surface area contributed by atoms with E-state index in [1.165, 1.54) is 16.3 Å². The standard InChI is InChI=1S/C24H19FN6O/c1-2-5-16-8-10-18(11-9-16)23-27-24(32-29-23)21-22(17-12-14-26-15-13-17)31(30-28-21)20-7-4-3-6-19(20)25/h3-4,6-15H,2,5H2,1H3. The monoisotopic (exact) mass is 426 g/mol. The van der Waals surface area contributed by atoms with Gasteiger partial charge in [-0.05, 0) is 36.2 Å². The number of pyridine rings is 1. The van der Waals surface area contributed by atoms with Crippen LogP contribution >= 0.6 is 0 Å². The maximum atomic E-state index is 14.5. The third-order valence-corrected chi connectivity index (χ3v) is 5.08. The fraction of sp³-hybridized carbons (Fsp3) is 0.125. The van der Waals surface area contributed by atoms with E-state index in [2.05, 4.69) is 44.5 Å². The smallest absolute Gasteiger partial charge is 0.281 e. The lowest BCUT2D eigenvalue weighted by Gasteiger charge is -2.08. The molecule has 0 N–H and O–H groups in total. The summed E-state index contributed by atoms with van der Waals surface area (Å²) < 4.78 is 21.5. The second-order valence-electron chi connectivity index (χ2n) is 7.26. The van der Waals surface area contributed by atoms with Crippen molar-refractivity contribution in [3.8, 4) is 39.9 Å². The number of hydrogen-bond donors (Lipinski definition) is 0. The maximum Gasteiger partial charge on any atom is 0.281 e. The van der Waals surface area contributed by atoms with Crippen LogP contribution in [0.15, 0.2) is 77.6 Å². The van der Waals surface area contributed by atoms with Gasteiger partial charge in [0.05, 0.1) is 0 Å². The molecule has 0 unspecified atom stereocenters. The molecule has 3 heterocycles. The Morgan fingerprint density at radius 3 is 2.47 bits per heavy atom. The zero-order chi connectivity index (χ0) is 21.9. The molecule has 5 rings (SSSR count). The minimum atomic E-state index is -0.419. The van der Waals surface area contributed by atoms with E-state index in [0.29, 0.717) is 17.2 Å². The molecule has 0 fully saturated rings. The average molecular weight is 426 g/mol. The van der Waals surface area contributed by atoms with Crippen molar-refractivity contribution in [2.75, 3.05) is 0 Å². The highest BCUT2D eigenvalue weighted by atomic mass is 19.1. The molecule has 5 aromatic rings. The lowest BCUT2D eigenvalue weighted by atomic mass is 10.1. The number of aryl methyl sites for hydroxylation is 1. The van der Waals surface area contributed by atoms with Crippen molar-refractivity contribution >= 4 is 0 Å². The van der Waals surface area contributed by atoms with E-state index in [0.717, 1.165) is 24.0 Å². The van der Waals surface area contributed by atoms with Gasteiger partial charge in [0, 0.05) is 23.5 Å². The van der Waals surface area contributed by atoms with Crippen molar-refractivity contribution < 1.29 is 8.91 Å². The largest absolute Gasteiger partial charge is 0.332 e. The van der Waals surface area contributed by atoms with Gasteiger partial charge in [0.15, 0.2) is 5.69 Å². The van der Waals surface area contributed by atoms with E-state index in [1.54, 1.807) is 42.7 Å². The molecular formula is C24H19FN6O. The second kappa shape index (κ2) is 8.50. The van der Waals surface area contributed by atoms with Gasteiger partial charge in [0.1, 0.15) is 17.2 Å². The summed E-state index contributed by atoms with van der Waals surface area (Å²) in [6.07, 6.45) is 5.40. The summed E-state index contributed by atoms with van der Waals surface area (Å²) in [6, 6.07) is 18.0. The molecule has 0 aliphatic carbocycles. The molecule has 0 bridgehead atoms. The maximum absolute atomic E-state index is 14.5. The number of para-hydroxylation sites is 1. The third-order valence-electron chi connectivity index (χ3n) is 5.08. The van der Waals surface area contributed by atoms with Crippen molar-refractivity contribution in [2.24, 2.45) is 0 Å². The van der Waals surface area contributed by atoms with Gasteiger partial charge in [-0.25, -0.2) is 9.07 Å². The average Bonchev–Trinajstić information content (AvgIpc) is 3.48. The molecule has 0 atom stereocenters. The van der Waals surface area contributed by atoms with Crippen LogP contribution < -0.4 is 0 Å². The summed E-state index contributed by atoms with van der Waals surface area (Å²) in [5.74, 6) is 0.230. The third kappa shape index (κ3) is 3.66. The van der Waals surface area contributed by atoms with Gasteiger partial charge < -0.3 is 4.52 Å². The first-order valence-electron chi connectivity index (χ1n) is 10.3. The molecule has 0 aliphatic rings. The van der Waals surface area contributed by atoms with Crippen molar-refractivity contribution in [1.82, 2.24) is 30.1 Å². The van der Waals surface area contributed by atoms with E-state index >= 15 is 0 Å². The van der Waals surface area contributed by atoms with Crippen LogP contribution in [0, 0.1) is 5.82 Å². The highest BCUT2D eigenvalue weighted by Crippen LogP contribution is 2.32. The van der Waals surface area contributed by atoms with E-state index in [9.17, 15) is 4.39 Å². The number of benzene rings is 2. The summed E-state index contributed by atoms with van der Waals surface area (Å²) >= 11 is 0. The minimum Gasteiger partial charge on any atom is -0.332 e. The van der Waals surface area contributed by atoms with E-state index in [-0.39, 0.29) is 11.6 Å². The lowest BCUT2D eigenvalue weighted by molar-refractivity contribution is 0.431. The Balaban J connectivity index is 1.60. The molecule has 32 heavy (non-hydrogen) atoms. The Bertz CT molecular complexity index is 1340. The Morgan fingerprint density at radius 1 is 0.938 bits per heavy atom. The van der Waals surface area contributed by atoms with Crippen molar-refractivity contribution in [3.63, 3.8) is 0 Å². The van der Waals surface area contributed by atoms with Crippen LogP contribution in [0.1, 0.15) is 18.9 Å². The van der Waals surface area contributed by atoms with Crippen LogP contribution in [-0.4, -0.2) is 30.1 Å². The molecule has 0 spiro atoms. The summed E-state index contributed by atoms with van der Waals surface area (Å²) in [5.41, 5.74) is 4.00. The highest BCUT2D eigenvalue weighted by molar-refractivity contribution is 5.76. The van der Waals surface area contributed by atoms with Gasteiger partial charge >= 0.3 is 0 Å². The SMILES string of the molecule is CCCc1ccc(-c2noc(-c3nnn(-c4ccccc4F)c3-c3ccncc3)n2)cc1. The molecule has 2 aromatic carbocycles. The van der Waals surface area contributed by atoms with Gasteiger partial charge in [-0.15, -0.1) is 5.10 Å². The number of aromatic nitrogens is 6. The van der Waals surface area contributed by atoms with Crippen LogP contribution in [-0.2, 0) is 6.42 Å². The quantitative estimate of drug-likeness (QED) is 0.374. The lowest BCUT2D eigenvalue weighted by Crippen LogP contribution is -2.02. The zero-order valence-electron chi connectivity index (χ0n) is 17.3. The molecule has 158 valence electrons. The molecular weight excluding hydrogens is 407 g/mol. The summed E-state index contributed by atoms with van der Waals surface area (Å²) in [6.45, 7) is 2.15. The van der Waals surface area contributed by atoms with Gasteiger partial charge in [0.25, 0.3) is 5.89 Å². The van der Waals surface area contributed by atoms with Crippen LogP contribution in [0.2, 0.25) is 0 Å². The fourth-order valence-corrected chi connectivity index (χ4v) is 3.53. The highest BCUT2D eigenvalue weighted by Gasteiger charge is 2.24. The Labute approximate surface area is 183 Å². The Hall–Kier alpha value is -4.20. The van der Waals surface area contributed by atoms with Crippen molar-refractivity contribution in [3.05, 3.63) is 84.4 Å². The Morgan fingerprint density at radius 2 is 1.72 bits per heavy atom. The van der Waals surface area contributed by atoms with Gasteiger partial charge in [0.2, 0.25) is 5.82 Å². The second-order valence-corrected chi connectivity index (χ2v) is 7.26. The molecule has 0 aliphatic heterocycles. The molecule has 0 saturated heterocycles. The predicted molar refractivity (Wildman–Crippen MR) is 117 cm³/mol. The topological polar surface area (TPSA) is 82.5 Å². The normalized spacial score (nSPS) is 11.1. The first-order chi connectivity index (χ1) is 15.7. The van der Waals surface area contributed by atoms with Gasteiger partial charge in [-0.2, -0.15) is 4.98 Å². The molecule has 3 aromatic heterocycles. The van der Waals surface area contributed by atoms with E-state index in [4.69, 9.17) is 4.52 Å². The van der Waals surface area contributed by atoms with Crippen LogP contribution in [0.4, 0.5) is 4.39 Å². The Kier molecular flexibility index (Phi) is 5.25. The molecule has 8 heteroatoms. The molecule has 0 amide bonds. The summed E-state index contributed by atoms with van der Waals surface area (Å²) in [4.78, 5) is 8.61. The summed E-state index contributed by atoms with van der Waals surface area (Å²) in [5, 5.41) is 12.6.